The van der Waals surface area contributed by atoms with E-state index >= 15 is 0 Å². The minimum Gasteiger partial charge on any atom is -0.250 e. The monoisotopic (exact) mass is 342 g/mol. The number of nitrogens with zero attached hydrogens (tertiary/aromatic N) is 6. The third-order valence-corrected chi connectivity index (χ3v) is 13.4. The number of hydrogen-bond donors (Lipinski definition) is 0. The fraction of sp³-hybridized carbons (Fsp3) is 1.00. The van der Waals surface area contributed by atoms with Crippen molar-refractivity contribution in [2.45, 2.75) is 0 Å². The molecule has 0 N–H and O–H groups in total. The van der Waals surface area contributed by atoms with E-state index in [1.165, 1.54) is 0 Å². The van der Waals surface area contributed by atoms with Crippen LogP contribution in [0.1, 0.15) is 0 Å². The van der Waals surface area contributed by atoms with Crippen molar-refractivity contribution in [3.63, 3.8) is 0 Å². The molecule has 0 heterocycles. The molecule has 0 bridgehead atoms. The van der Waals surface area contributed by atoms with Gasteiger partial charge in [-0.3, -0.25) is 25.8 Å². The van der Waals surface area contributed by atoms with Crippen molar-refractivity contribution in [1.82, 2.24) is 25.8 Å². The van der Waals surface area contributed by atoms with E-state index in [9.17, 15) is 0 Å². The summed E-state index contributed by atoms with van der Waals surface area (Å²) in [5.41, 5.74) is 0. The van der Waals surface area contributed by atoms with Gasteiger partial charge in [-0.25, -0.2) is 0 Å². The molecule has 0 aliphatic carbocycles. The van der Waals surface area contributed by atoms with Gasteiger partial charge in [0.15, 0.2) is 0 Å². The van der Waals surface area contributed by atoms with Crippen LogP contribution in [0.4, 0.5) is 0 Å². The lowest BCUT2D eigenvalue weighted by Crippen LogP contribution is -2.50. The van der Waals surface area contributed by atoms with Crippen LogP contribution in [-0.4, -0.2) is 115 Å². The van der Waals surface area contributed by atoms with Crippen LogP contribution in [-0.2, 0) is 0 Å². The lowest BCUT2D eigenvalue weighted by Gasteiger charge is -2.64. The highest BCUT2D eigenvalue weighted by molar-refractivity contribution is 8.43. The van der Waals surface area contributed by atoms with Gasteiger partial charge in [0.25, 0.3) is 0 Å². The molecule has 0 aliphatic heterocycles. The maximum atomic E-state index is 2.39. The van der Waals surface area contributed by atoms with Crippen LogP contribution in [0.2, 0.25) is 0 Å². The molecule has 0 aliphatic rings. The van der Waals surface area contributed by atoms with E-state index in [0.29, 0.717) is 0 Å². The first-order valence-corrected chi connectivity index (χ1v) is 10.4. The van der Waals surface area contributed by atoms with Gasteiger partial charge in [-0.05, 0) is 84.6 Å². The molecule has 0 unspecified atom stereocenters. The van der Waals surface area contributed by atoms with Crippen molar-refractivity contribution >= 4 is 21.2 Å². The minimum atomic E-state index is -1.23. The highest BCUT2D eigenvalue weighted by Crippen LogP contribution is 2.67. The van der Waals surface area contributed by atoms with Crippen LogP contribution in [0.15, 0.2) is 0 Å². The molecule has 0 atom stereocenters. The lowest BCUT2D eigenvalue weighted by atomic mass is 11.2. The molecule has 0 fully saturated rings. The topological polar surface area (TPSA) is 19.4 Å². The third-order valence-electron chi connectivity index (χ3n) is 3.83. The molecular formula is C13H38N6S2. The quantitative estimate of drug-likeness (QED) is 0.660. The minimum absolute atomic E-state index is 1.08. The predicted molar refractivity (Wildman–Crippen MR) is 102 cm³/mol. The van der Waals surface area contributed by atoms with E-state index in [1.807, 2.05) is 0 Å². The Morgan fingerprint density at radius 3 is 0.619 bits per heavy atom. The molecule has 0 spiro atoms. The third kappa shape index (κ3) is 3.87. The van der Waals surface area contributed by atoms with Crippen LogP contribution >= 0.6 is 21.2 Å². The van der Waals surface area contributed by atoms with E-state index < -0.39 is 21.2 Å². The summed E-state index contributed by atoms with van der Waals surface area (Å²) in [5.74, 6) is 0. The second-order valence-electron chi connectivity index (χ2n) is 6.26. The summed E-state index contributed by atoms with van der Waals surface area (Å²) in [6, 6.07) is 0. The zero-order chi connectivity index (χ0) is 17.2. The molecule has 0 aromatic carbocycles. The van der Waals surface area contributed by atoms with Gasteiger partial charge in [0.2, 0.25) is 0 Å². The summed E-state index contributed by atoms with van der Waals surface area (Å²) >= 11 is 0. The van der Waals surface area contributed by atoms with Crippen molar-refractivity contribution < 1.29 is 0 Å². The largest absolute Gasteiger partial charge is 0.250 e. The summed E-state index contributed by atoms with van der Waals surface area (Å²) in [7, 11) is 23.9. The van der Waals surface area contributed by atoms with Crippen molar-refractivity contribution in [2.75, 3.05) is 89.7 Å². The van der Waals surface area contributed by atoms with E-state index in [-0.39, 0.29) is 0 Å². The Bertz CT molecular complexity index is 244. The molecule has 6 nitrogen and oxygen atoms in total. The molecule has 0 saturated heterocycles. The lowest BCUT2D eigenvalue weighted by molar-refractivity contribution is 0.479. The number of hydrogen-bond acceptors (Lipinski definition) is 6. The van der Waals surface area contributed by atoms with E-state index in [2.05, 4.69) is 110 Å². The first-order valence-electron chi connectivity index (χ1n) is 7.04. The average Bonchev–Trinajstić information content (AvgIpc) is 2.26. The Hall–Kier alpha value is 0.460. The Morgan fingerprint density at radius 1 is 0.381 bits per heavy atom. The number of rotatable bonds is 8. The Kier molecular flexibility index (Phi) is 8.00. The van der Waals surface area contributed by atoms with E-state index in [4.69, 9.17) is 0 Å². The molecular weight excluding hydrogens is 304 g/mol. The highest BCUT2D eigenvalue weighted by atomic mass is 32.3. The Balaban J connectivity index is 6.06. The first-order chi connectivity index (χ1) is 9.37. The van der Waals surface area contributed by atoms with Crippen molar-refractivity contribution in [1.29, 1.82) is 0 Å². The zero-order valence-corrected chi connectivity index (χ0v) is 17.8. The Morgan fingerprint density at radius 2 is 0.524 bits per heavy atom. The SMILES string of the molecule is CN(C)S(CS(N(C)C)(N(C)C)N(C)C)(N(C)C)N(C)C. The fourth-order valence-corrected chi connectivity index (χ4v) is 13.5. The smallest absolute Gasteiger partial charge is 0.0819 e. The van der Waals surface area contributed by atoms with Crippen LogP contribution in [0.25, 0.3) is 0 Å². The molecule has 0 aromatic heterocycles. The van der Waals surface area contributed by atoms with Gasteiger partial charge >= 0.3 is 0 Å². The maximum absolute atomic E-state index is 2.39. The summed E-state index contributed by atoms with van der Waals surface area (Å²) in [6.45, 7) is 0. The molecule has 8 heteroatoms. The summed E-state index contributed by atoms with van der Waals surface area (Å²) < 4.78 is 14.4. The van der Waals surface area contributed by atoms with Gasteiger partial charge < -0.3 is 0 Å². The summed E-state index contributed by atoms with van der Waals surface area (Å²) in [4.78, 5) is 0. The Labute approximate surface area is 137 Å². The standard InChI is InChI=1S/C13H38N6S2/c1-14(2)20(15(3)4,16(5)6)13-21(17(7)8,18(9)10)19(11)12/h13H2,1-12H3. The van der Waals surface area contributed by atoms with Gasteiger partial charge in [0.05, 0.1) is 5.08 Å². The van der Waals surface area contributed by atoms with Gasteiger partial charge in [-0.1, -0.05) is 21.2 Å². The first kappa shape index (κ1) is 21.5. The van der Waals surface area contributed by atoms with Crippen LogP contribution < -0.4 is 0 Å². The zero-order valence-electron chi connectivity index (χ0n) is 16.2. The highest BCUT2D eigenvalue weighted by Gasteiger charge is 2.43. The van der Waals surface area contributed by atoms with E-state index in [1.54, 1.807) is 0 Å². The van der Waals surface area contributed by atoms with Crippen molar-refractivity contribution in [3.05, 3.63) is 0 Å². The molecule has 0 amide bonds. The van der Waals surface area contributed by atoms with Crippen LogP contribution in [0, 0.1) is 0 Å². The molecule has 0 aromatic rings. The van der Waals surface area contributed by atoms with Crippen LogP contribution in [0.5, 0.6) is 0 Å². The molecule has 0 radical (unpaired) electrons. The van der Waals surface area contributed by atoms with Crippen molar-refractivity contribution in [3.8, 4) is 0 Å². The van der Waals surface area contributed by atoms with Gasteiger partial charge in [-0.15, -0.1) is 0 Å². The second-order valence-corrected chi connectivity index (χ2v) is 14.1. The van der Waals surface area contributed by atoms with Crippen molar-refractivity contribution in [2.24, 2.45) is 0 Å². The summed E-state index contributed by atoms with van der Waals surface area (Å²) in [6.07, 6.45) is 0. The molecule has 0 saturated carbocycles. The summed E-state index contributed by atoms with van der Waals surface area (Å²) in [5, 5.41) is 1.08. The molecule has 0 rings (SSSR count). The maximum Gasteiger partial charge on any atom is 0.0819 e. The van der Waals surface area contributed by atoms with Gasteiger partial charge in [0.1, 0.15) is 0 Å². The predicted octanol–water partition coefficient (Wildman–Crippen LogP) is 1.41. The van der Waals surface area contributed by atoms with Gasteiger partial charge in [0, 0.05) is 0 Å². The van der Waals surface area contributed by atoms with E-state index in [0.717, 1.165) is 5.08 Å². The second kappa shape index (κ2) is 7.83. The fourth-order valence-electron chi connectivity index (χ4n) is 2.80. The molecule has 21 heavy (non-hydrogen) atoms. The van der Waals surface area contributed by atoms with Crippen LogP contribution in [0.3, 0.4) is 0 Å². The molecule has 132 valence electrons. The van der Waals surface area contributed by atoms with Gasteiger partial charge in [-0.2, -0.15) is 0 Å². The normalized spacial score (nSPS) is 16.1. The average molecular weight is 343 g/mol.